The molecular formula is C11H15NO3. The Bertz CT molecular complexity index is 338. The molecular weight excluding hydrogens is 194 g/mol. The van der Waals surface area contributed by atoms with E-state index in [1.165, 1.54) is 0 Å². The zero-order chi connectivity index (χ0) is 11.3. The Balaban J connectivity index is 2.44. The molecule has 1 aromatic rings. The fraction of sp³-hybridized carbons (Fsp3) is 0.364. The summed E-state index contributed by atoms with van der Waals surface area (Å²) in [5.74, 6) is -0.626. The maximum atomic E-state index is 10.3. The number of nitrogens with two attached hydrogens (primary N) is 1. The summed E-state index contributed by atoms with van der Waals surface area (Å²) < 4.78 is 0. The maximum Gasteiger partial charge on any atom is 0.303 e. The molecule has 0 bridgehead atoms. The third-order valence-corrected chi connectivity index (χ3v) is 2.14. The zero-order valence-electron chi connectivity index (χ0n) is 8.39. The first-order valence-electron chi connectivity index (χ1n) is 4.83. The Hall–Kier alpha value is -1.55. The summed E-state index contributed by atoms with van der Waals surface area (Å²) in [4.78, 5) is 10.3. The van der Waals surface area contributed by atoms with Gasteiger partial charge in [-0.1, -0.05) is 12.1 Å². The molecule has 1 unspecified atom stereocenters. The summed E-state index contributed by atoms with van der Waals surface area (Å²) in [6, 6.07) is 6.66. The predicted molar refractivity (Wildman–Crippen MR) is 56.7 cm³/mol. The summed E-state index contributed by atoms with van der Waals surface area (Å²) in [6.45, 7) is 0. The van der Waals surface area contributed by atoms with Gasteiger partial charge in [0.25, 0.3) is 0 Å². The van der Waals surface area contributed by atoms with Gasteiger partial charge >= 0.3 is 5.97 Å². The summed E-state index contributed by atoms with van der Waals surface area (Å²) in [7, 11) is 0. The van der Waals surface area contributed by atoms with Crippen molar-refractivity contribution in [2.45, 2.75) is 25.3 Å². The minimum absolute atomic E-state index is 0.0833. The largest absolute Gasteiger partial charge is 0.508 e. The highest BCUT2D eigenvalue weighted by Gasteiger charge is 2.07. The monoisotopic (exact) mass is 209 g/mol. The van der Waals surface area contributed by atoms with E-state index in [1.807, 2.05) is 6.07 Å². The molecule has 0 aliphatic rings. The number of phenols is 1. The Kier molecular flexibility index (Phi) is 4.12. The van der Waals surface area contributed by atoms with Gasteiger partial charge in [-0.2, -0.15) is 0 Å². The van der Waals surface area contributed by atoms with Gasteiger partial charge in [-0.15, -0.1) is 0 Å². The molecule has 0 amide bonds. The molecule has 0 aliphatic heterocycles. The van der Waals surface area contributed by atoms with E-state index >= 15 is 0 Å². The van der Waals surface area contributed by atoms with Crippen molar-refractivity contribution in [2.24, 2.45) is 5.73 Å². The van der Waals surface area contributed by atoms with Crippen molar-refractivity contribution in [2.75, 3.05) is 0 Å². The van der Waals surface area contributed by atoms with Crippen molar-refractivity contribution >= 4 is 5.97 Å². The maximum absolute atomic E-state index is 10.3. The first kappa shape index (κ1) is 11.5. The van der Waals surface area contributed by atoms with Crippen molar-refractivity contribution in [3.05, 3.63) is 29.8 Å². The number of aromatic hydroxyl groups is 1. The molecule has 4 N–H and O–H groups in total. The second-order valence-electron chi connectivity index (χ2n) is 3.57. The van der Waals surface area contributed by atoms with Crippen LogP contribution in [0.5, 0.6) is 5.75 Å². The zero-order valence-corrected chi connectivity index (χ0v) is 8.39. The highest BCUT2D eigenvalue weighted by Crippen LogP contribution is 2.13. The molecule has 1 rings (SSSR count). The van der Waals surface area contributed by atoms with E-state index in [0.717, 1.165) is 5.56 Å². The van der Waals surface area contributed by atoms with Crippen molar-refractivity contribution in [3.8, 4) is 5.75 Å². The van der Waals surface area contributed by atoms with Crippen molar-refractivity contribution in [1.29, 1.82) is 0 Å². The van der Waals surface area contributed by atoms with Crippen LogP contribution in [-0.4, -0.2) is 22.2 Å². The molecule has 0 heterocycles. The van der Waals surface area contributed by atoms with Gasteiger partial charge in [-0.25, -0.2) is 0 Å². The van der Waals surface area contributed by atoms with Gasteiger partial charge < -0.3 is 15.9 Å². The highest BCUT2D eigenvalue weighted by molar-refractivity contribution is 5.66. The minimum atomic E-state index is -0.832. The third-order valence-electron chi connectivity index (χ3n) is 2.14. The van der Waals surface area contributed by atoms with Crippen LogP contribution in [0, 0.1) is 0 Å². The van der Waals surface area contributed by atoms with Gasteiger partial charge in [0.2, 0.25) is 0 Å². The molecule has 4 nitrogen and oxygen atoms in total. The third kappa shape index (κ3) is 4.46. The van der Waals surface area contributed by atoms with Crippen LogP contribution in [0.4, 0.5) is 0 Å². The SMILES string of the molecule is NC(CCC(=O)O)Cc1cccc(O)c1. The van der Waals surface area contributed by atoms with Gasteiger partial charge in [-0.05, 0) is 30.5 Å². The predicted octanol–water partition coefficient (Wildman–Crippen LogP) is 1.13. The van der Waals surface area contributed by atoms with E-state index < -0.39 is 5.97 Å². The van der Waals surface area contributed by atoms with Crippen LogP contribution in [0.2, 0.25) is 0 Å². The van der Waals surface area contributed by atoms with E-state index in [0.29, 0.717) is 12.8 Å². The van der Waals surface area contributed by atoms with Gasteiger partial charge in [0.05, 0.1) is 0 Å². The lowest BCUT2D eigenvalue weighted by atomic mass is 10.0. The summed E-state index contributed by atoms with van der Waals surface area (Å²) in [6.07, 6.45) is 1.12. The molecule has 0 saturated heterocycles. The van der Waals surface area contributed by atoms with Crippen LogP contribution in [0.3, 0.4) is 0 Å². The lowest BCUT2D eigenvalue weighted by Crippen LogP contribution is -2.23. The Morgan fingerprint density at radius 1 is 1.47 bits per heavy atom. The number of rotatable bonds is 5. The fourth-order valence-corrected chi connectivity index (χ4v) is 1.40. The standard InChI is InChI=1S/C11H15NO3/c12-9(4-5-11(14)15)6-8-2-1-3-10(13)7-8/h1-3,7,9,13H,4-6,12H2,(H,14,15). The molecule has 0 saturated carbocycles. The molecule has 1 atom stereocenters. The topological polar surface area (TPSA) is 83.6 Å². The van der Waals surface area contributed by atoms with E-state index in [-0.39, 0.29) is 18.2 Å². The van der Waals surface area contributed by atoms with Crippen molar-refractivity contribution in [1.82, 2.24) is 0 Å². The molecule has 0 radical (unpaired) electrons. The highest BCUT2D eigenvalue weighted by atomic mass is 16.4. The Labute approximate surface area is 88.3 Å². The van der Waals surface area contributed by atoms with Gasteiger partial charge in [0.15, 0.2) is 0 Å². The average molecular weight is 209 g/mol. The lowest BCUT2D eigenvalue weighted by molar-refractivity contribution is -0.137. The second-order valence-corrected chi connectivity index (χ2v) is 3.57. The first-order valence-corrected chi connectivity index (χ1v) is 4.83. The number of hydrogen-bond donors (Lipinski definition) is 3. The molecule has 1 aromatic carbocycles. The number of phenolic OH excluding ortho intramolecular Hbond substituents is 1. The fourth-order valence-electron chi connectivity index (χ4n) is 1.40. The molecule has 0 aromatic heterocycles. The molecule has 0 aliphatic carbocycles. The normalized spacial score (nSPS) is 12.3. The second kappa shape index (κ2) is 5.36. The van der Waals surface area contributed by atoms with Crippen molar-refractivity contribution < 1.29 is 15.0 Å². The van der Waals surface area contributed by atoms with E-state index in [4.69, 9.17) is 10.8 Å². The number of carboxylic acids is 1. The lowest BCUT2D eigenvalue weighted by Gasteiger charge is -2.10. The first-order chi connectivity index (χ1) is 7.08. The van der Waals surface area contributed by atoms with E-state index in [1.54, 1.807) is 18.2 Å². The number of carbonyl (C=O) groups is 1. The molecule has 0 spiro atoms. The minimum Gasteiger partial charge on any atom is -0.508 e. The van der Waals surface area contributed by atoms with Crippen LogP contribution < -0.4 is 5.73 Å². The van der Waals surface area contributed by atoms with Crippen LogP contribution >= 0.6 is 0 Å². The molecule has 15 heavy (non-hydrogen) atoms. The summed E-state index contributed by atoms with van der Waals surface area (Å²) >= 11 is 0. The summed E-state index contributed by atoms with van der Waals surface area (Å²) in [5, 5.41) is 17.7. The van der Waals surface area contributed by atoms with E-state index in [2.05, 4.69) is 0 Å². The van der Waals surface area contributed by atoms with Crippen molar-refractivity contribution in [3.63, 3.8) is 0 Å². The molecule has 0 fully saturated rings. The Morgan fingerprint density at radius 2 is 2.20 bits per heavy atom. The quantitative estimate of drug-likeness (QED) is 0.678. The smallest absolute Gasteiger partial charge is 0.303 e. The van der Waals surface area contributed by atoms with Gasteiger partial charge in [0.1, 0.15) is 5.75 Å². The van der Waals surface area contributed by atoms with Crippen LogP contribution in [0.25, 0.3) is 0 Å². The number of benzene rings is 1. The average Bonchev–Trinajstić information content (AvgIpc) is 2.15. The van der Waals surface area contributed by atoms with Crippen LogP contribution in [0.1, 0.15) is 18.4 Å². The van der Waals surface area contributed by atoms with Crippen LogP contribution in [-0.2, 0) is 11.2 Å². The Morgan fingerprint density at radius 3 is 2.80 bits per heavy atom. The van der Waals surface area contributed by atoms with Gasteiger partial charge in [0, 0.05) is 12.5 Å². The molecule has 82 valence electrons. The summed E-state index contributed by atoms with van der Waals surface area (Å²) in [5.41, 5.74) is 6.68. The number of aliphatic carboxylic acids is 1. The molecule has 4 heteroatoms. The number of hydrogen-bond acceptors (Lipinski definition) is 3. The van der Waals surface area contributed by atoms with Gasteiger partial charge in [-0.3, -0.25) is 4.79 Å². The van der Waals surface area contributed by atoms with Crippen LogP contribution in [0.15, 0.2) is 24.3 Å². The van der Waals surface area contributed by atoms with E-state index in [9.17, 15) is 9.90 Å². The number of carboxylic acid groups (broad SMARTS) is 1.